The minimum absolute atomic E-state index is 0.0486. The molecule has 156 valence electrons. The maximum atomic E-state index is 12.5. The van der Waals surface area contributed by atoms with Gasteiger partial charge in [0.25, 0.3) is 0 Å². The van der Waals surface area contributed by atoms with Crippen LogP contribution in [-0.4, -0.2) is 23.0 Å². The Bertz CT molecular complexity index is 1220. The van der Waals surface area contributed by atoms with Crippen molar-refractivity contribution >= 4 is 40.2 Å². The number of esters is 2. The molecule has 4 rings (SSSR count). The Morgan fingerprint density at radius 3 is 2.48 bits per heavy atom. The summed E-state index contributed by atoms with van der Waals surface area (Å²) in [7, 11) is 0. The molecule has 4 aromatic rings. The standard InChI is InChI=1S/C23H16O7S/c24-20(28-12-14-6-2-1-3-7-14)11-19-21(22(25)26)18(13-31-19)30-23(27)17-10-15-8-4-5-9-16(15)29-17/h1-10,13H,11-12H2,(H,25,26). The van der Waals surface area contributed by atoms with Crippen LogP contribution in [0.1, 0.15) is 31.4 Å². The molecule has 0 saturated carbocycles. The van der Waals surface area contributed by atoms with Gasteiger partial charge in [0.05, 0.1) is 6.42 Å². The van der Waals surface area contributed by atoms with Gasteiger partial charge in [-0.2, -0.15) is 0 Å². The highest BCUT2D eigenvalue weighted by atomic mass is 32.1. The third-order valence-corrected chi connectivity index (χ3v) is 5.39. The van der Waals surface area contributed by atoms with Crippen LogP contribution >= 0.6 is 11.3 Å². The second kappa shape index (κ2) is 8.85. The monoisotopic (exact) mass is 436 g/mol. The summed E-state index contributed by atoms with van der Waals surface area (Å²) in [6.07, 6.45) is -0.249. The van der Waals surface area contributed by atoms with Crippen molar-refractivity contribution in [3.63, 3.8) is 0 Å². The molecule has 31 heavy (non-hydrogen) atoms. The van der Waals surface area contributed by atoms with Gasteiger partial charge >= 0.3 is 17.9 Å². The van der Waals surface area contributed by atoms with Crippen LogP contribution in [0.25, 0.3) is 11.0 Å². The van der Waals surface area contributed by atoms with E-state index < -0.39 is 17.9 Å². The van der Waals surface area contributed by atoms with E-state index in [1.165, 1.54) is 11.4 Å². The SMILES string of the molecule is O=C(Cc1scc(OC(=O)c2cc3ccccc3o2)c1C(=O)O)OCc1ccccc1. The van der Waals surface area contributed by atoms with Gasteiger partial charge in [0, 0.05) is 15.6 Å². The lowest BCUT2D eigenvalue weighted by atomic mass is 10.2. The number of aromatic carboxylic acids is 1. The molecule has 0 saturated heterocycles. The molecule has 0 unspecified atom stereocenters. The zero-order chi connectivity index (χ0) is 21.8. The van der Waals surface area contributed by atoms with Crippen LogP contribution in [0.4, 0.5) is 0 Å². The molecule has 0 aliphatic heterocycles. The Labute approximate surface area is 180 Å². The molecule has 0 amide bonds. The summed E-state index contributed by atoms with van der Waals surface area (Å²) < 4.78 is 15.9. The van der Waals surface area contributed by atoms with Crippen molar-refractivity contribution in [3.8, 4) is 5.75 Å². The molecular weight excluding hydrogens is 420 g/mol. The van der Waals surface area contributed by atoms with Crippen molar-refractivity contribution in [3.05, 3.63) is 87.8 Å². The fourth-order valence-corrected chi connectivity index (χ4v) is 3.88. The Kier molecular flexibility index (Phi) is 5.81. The van der Waals surface area contributed by atoms with Gasteiger partial charge in [-0.25, -0.2) is 9.59 Å². The molecule has 8 heteroatoms. The van der Waals surface area contributed by atoms with Crippen LogP contribution in [0.15, 0.2) is 70.5 Å². The first-order valence-electron chi connectivity index (χ1n) is 9.25. The third kappa shape index (κ3) is 4.65. The van der Waals surface area contributed by atoms with Crippen LogP contribution in [0.3, 0.4) is 0 Å². The average molecular weight is 436 g/mol. The highest BCUT2D eigenvalue weighted by molar-refractivity contribution is 7.10. The molecule has 0 fully saturated rings. The van der Waals surface area contributed by atoms with Crippen molar-refractivity contribution in [1.29, 1.82) is 0 Å². The minimum atomic E-state index is -1.31. The number of benzene rings is 2. The molecule has 0 aliphatic carbocycles. The lowest BCUT2D eigenvalue weighted by Gasteiger charge is -2.06. The molecule has 0 radical (unpaired) electrons. The van der Waals surface area contributed by atoms with E-state index in [4.69, 9.17) is 13.9 Å². The maximum Gasteiger partial charge on any atom is 0.379 e. The number of thiophene rings is 1. The normalized spacial score (nSPS) is 10.7. The van der Waals surface area contributed by atoms with Gasteiger partial charge in [-0.15, -0.1) is 11.3 Å². The van der Waals surface area contributed by atoms with Gasteiger partial charge in [-0.05, 0) is 17.7 Å². The predicted molar refractivity (Wildman–Crippen MR) is 112 cm³/mol. The first kappa shape index (κ1) is 20.4. The van der Waals surface area contributed by atoms with Gasteiger partial charge in [0.1, 0.15) is 17.8 Å². The Balaban J connectivity index is 1.47. The van der Waals surface area contributed by atoms with Crippen LogP contribution in [-0.2, 0) is 22.6 Å². The first-order valence-corrected chi connectivity index (χ1v) is 10.1. The number of carboxylic acids is 1. The smallest absolute Gasteiger partial charge is 0.379 e. The van der Waals surface area contributed by atoms with Crippen molar-refractivity contribution in [2.75, 3.05) is 0 Å². The minimum Gasteiger partial charge on any atom is -0.478 e. The second-order valence-electron chi connectivity index (χ2n) is 6.56. The van der Waals surface area contributed by atoms with E-state index >= 15 is 0 Å². The number of ether oxygens (including phenoxy) is 2. The van der Waals surface area contributed by atoms with Crippen molar-refractivity contribution in [2.45, 2.75) is 13.0 Å². The number of furan rings is 1. The number of hydrogen-bond donors (Lipinski definition) is 1. The van der Waals surface area contributed by atoms with E-state index in [1.54, 1.807) is 24.3 Å². The van der Waals surface area contributed by atoms with E-state index in [-0.39, 0.29) is 35.0 Å². The second-order valence-corrected chi connectivity index (χ2v) is 7.53. The number of rotatable bonds is 7. The largest absolute Gasteiger partial charge is 0.478 e. The van der Waals surface area contributed by atoms with Crippen molar-refractivity contribution < 1.29 is 33.4 Å². The highest BCUT2D eigenvalue weighted by Crippen LogP contribution is 2.31. The lowest BCUT2D eigenvalue weighted by molar-refractivity contribution is -0.144. The number of carboxylic acid groups (broad SMARTS) is 1. The third-order valence-electron chi connectivity index (χ3n) is 4.42. The predicted octanol–water partition coefficient (Wildman–Crippen LogP) is 4.70. The van der Waals surface area contributed by atoms with Gasteiger partial charge in [0.2, 0.25) is 5.76 Å². The quantitative estimate of drug-likeness (QED) is 0.419. The molecular formula is C23H16O7S. The molecule has 0 atom stereocenters. The number of carbonyl (C=O) groups excluding carboxylic acids is 2. The van der Waals surface area contributed by atoms with Gasteiger partial charge in [0.15, 0.2) is 5.75 Å². The van der Waals surface area contributed by atoms with Crippen LogP contribution in [0, 0.1) is 0 Å². The topological polar surface area (TPSA) is 103 Å². The molecule has 2 aromatic heterocycles. The molecule has 0 bridgehead atoms. The summed E-state index contributed by atoms with van der Waals surface area (Å²) in [5.74, 6) is -2.90. The Morgan fingerprint density at radius 1 is 1.00 bits per heavy atom. The summed E-state index contributed by atoms with van der Waals surface area (Å²) >= 11 is 1.01. The fourth-order valence-electron chi connectivity index (χ4n) is 2.96. The van der Waals surface area contributed by atoms with Gasteiger partial charge in [-0.1, -0.05) is 48.5 Å². The highest BCUT2D eigenvalue weighted by Gasteiger charge is 2.25. The fraction of sp³-hybridized carbons (Fsp3) is 0.0870. The molecule has 0 spiro atoms. The van der Waals surface area contributed by atoms with E-state index in [0.717, 1.165) is 22.3 Å². The van der Waals surface area contributed by atoms with Crippen molar-refractivity contribution in [2.24, 2.45) is 0 Å². The van der Waals surface area contributed by atoms with Crippen molar-refractivity contribution in [1.82, 2.24) is 0 Å². The summed E-state index contributed by atoms with van der Waals surface area (Å²) in [4.78, 5) is 36.6. The summed E-state index contributed by atoms with van der Waals surface area (Å²) in [5.41, 5.74) is 1.09. The van der Waals surface area contributed by atoms with E-state index in [1.807, 2.05) is 30.3 Å². The maximum absolute atomic E-state index is 12.5. The number of hydrogen-bond acceptors (Lipinski definition) is 7. The first-order chi connectivity index (χ1) is 15.0. The molecule has 0 aliphatic rings. The van der Waals surface area contributed by atoms with E-state index in [9.17, 15) is 19.5 Å². The Hall–Kier alpha value is -3.91. The van der Waals surface area contributed by atoms with Gasteiger partial charge < -0.3 is 19.0 Å². The molecule has 2 heterocycles. The van der Waals surface area contributed by atoms with Gasteiger partial charge in [-0.3, -0.25) is 4.79 Å². The molecule has 7 nitrogen and oxygen atoms in total. The summed E-state index contributed by atoms with van der Waals surface area (Å²) in [5, 5.41) is 11.7. The van der Waals surface area contributed by atoms with Crippen LogP contribution in [0.5, 0.6) is 5.75 Å². The van der Waals surface area contributed by atoms with Crippen LogP contribution < -0.4 is 4.74 Å². The van der Waals surface area contributed by atoms with Crippen LogP contribution in [0.2, 0.25) is 0 Å². The summed E-state index contributed by atoms with van der Waals surface area (Å²) in [6.45, 7) is 0.0847. The number of para-hydroxylation sites is 1. The number of carbonyl (C=O) groups is 3. The summed E-state index contributed by atoms with van der Waals surface area (Å²) in [6, 6.07) is 17.7. The molecule has 2 aromatic carbocycles. The lowest BCUT2D eigenvalue weighted by Crippen LogP contribution is -2.12. The number of fused-ring (bicyclic) bond motifs is 1. The van der Waals surface area contributed by atoms with E-state index in [2.05, 4.69) is 0 Å². The molecule has 1 N–H and O–H groups in total. The van der Waals surface area contributed by atoms with E-state index in [0.29, 0.717) is 5.58 Å². The Morgan fingerprint density at radius 2 is 1.74 bits per heavy atom. The zero-order valence-electron chi connectivity index (χ0n) is 16.1. The average Bonchev–Trinajstić information content (AvgIpc) is 3.37. The zero-order valence-corrected chi connectivity index (χ0v) is 16.9.